The van der Waals surface area contributed by atoms with Crippen LogP contribution in [0.2, 0.25) is 4.34 Å². The van der Waals surface area contributed by atoms with E-state index in [1.165, 1.54) is 27.1 Å². The Hall–Kier alpha value is -1.93. The second-order valence-electron chi connectivity index (χ2n) is 4.06. The number of rotatable bonds is 5. The molecular weight excluding hydrogens is 304 g/mol. The highest BCUT2D eigenvalue weighted by Crippen LogP contribution is 2.22. The summed E-state index contributed by atoms with van der Waals surface area (Å²) in [6.45, 7) is 0.382. The maximum Gasteiger partial charge on any atom is 0.358 e. The third kappa shape index (κ3) is 3.55. The molecule has 106 valence electrons. The quantitative estimate of drug-likeness (QED) is 0.900. The highest BCUT2D eigenvalue weighted by atomic mass is 35.5. The molecule has 1 amide bonds. The van der Waals surface area contributed by atoms with Crippen LogP contribution in [0.5, 0.6) is 0 Å². The van der Waals surface area contributed by atoms with E-state index in [0.717, 1.165) is 4.88 Å². The van der Waals surface area contributed by atoms with Gasteiger partial charge in [-0.3, -0.25) is 4.79 Å². The van der Waals surface area contributed by atoms with E-state index in [4.69, 9.17) is 16.7 Å². The van der Waals surface area contributed by atoms with Crippen LogP contribution in [0.1, 0.15) is 15.4 Å². The highest BCUT2D eigenvalue weighted by Gasteiger charge is 2.14. The lowest BCUT2D eigenvalue weighted by molar-refractivity contribution is -0.131. The van der Waals surface area contributed by atoms with E-state index < -0.39 is 5.97 Å². The number of carbonyl (C=O) groups excluding carboxylic acids is 1. The molecular formula is C11H11ClN4O3S. The van der Waals surface area contributed by atoms with Gasteiger partial charge in [0.2, 0.25) is 5.91 Å². The summed E-state index contributed by atoms with van der Waals surface area (Å²) < 4.78 is 1.87. The van der Waals surface area contributed by atoms with Gasteiger partial charge in [-0.15, -0.1) is 16.4 Å². The fraction of sp³-hybridized carbons (Fsp3) is 0.273. The first-order valence-electron chi connectivity index (χ1n) is 5.57. The lowest BCUT2D eigenvalue weighted by atomic mass is 10.4. The molecule has 9 heteroatoms. The van der Waals surface area contributed by atoms with Gasteiger partial charge in [-0.1, -0.05) is 16.8 Å². The normalized spacial score (nSPS) is 10.5. The zero-order chi connectivity index (χ0) is 14.7. The summed E-state index contributed by atoms with van der Waals surface area (Å²) in [7, 11) is 1.66. The van der Waals surface area contributed by atoms with E-state index in [1.807, 2.05) is 6.07 Å². The number of aromatic nitrogens is 3. The monoisotopic (exact) mass is 314 g/mol. The lowest BCUT2D eigenvalue weighted by Gasteiger charge is -2.15. The molecule has 0 atom stereocenters. The number of carboxylic acid groups (broad SMARTS) is 1. The predicted octanol–water partition coefficient (Wildman–Crippen LogP) is 1.35. The van der Waals surface area contributed by atoms with Crippen LogP contribution in [0.3, 0.4) is 0 Å². The summed E-state index contributed by atoms with van der Waals surface area (Å²) in [6, 6.07) is 3.63. The molecule has 0 radical (unpaired) electrons. The van der Waals surface area contributed by atoms with Crippen LogP contribution in [0.25, 0.3) is 0 Å². The number of thiophene rings is 1. The fourth-order valence-electron chi connectivity index (χ4n) is 1.49. The Kier molecular flexibility index (Phi) is 4.35. The Bertz CT molecular complexity index is 639. The number of hydrogen-bond donors (Lipinski definition) is 1. The van der Waals surface area contributed by atoms with Gasteiger partial charge in [0.25, 0.3) is 0 Å². The van der Waals surface area contributed by atoms with Gasteiger partial charge >= 0.3 is 5.97 Å². The number of carbonyl (C=O) groups is 2. The van der Waals surface area contributed by atoms with E-state index in [-0.39, 0.29) is 18.1 Å². The molecule has 0 aliphatic carbocycles. The van der Waals surface area contributed by atoms with E-state index in [9.17, 15) is 9.59 Å². The molecule has 0 aliphatic heterocycles. The molecule has 0 aliphatic rings. The summed E-state index contributed by atoms with van der Waals surface area (Å²) in [5.74, 6) is -1.37. The van der Waals surface area contributed by atoms with Gasteiger partial charge in [-0.05, 0) is 12.1 Å². The van der Waals surface area contributed by atoms with E-state index >= 15 is 0 Å². The Morgan fingerprint density at radius 3 is 2.80 bits per heavy atom. The summed E-state index contributed by atoms with van der Waals surface area (Å²) in [6.07, 6.45) is 1.22. The van der Waals surface area contributed by atoms with Crippen molar-refractivity contribution in [1.29, 1.82) is 0 Å². The van der Waals surface area contributed by atoms with E-state index in [2.05, 4.69) is 10.3 Å². The molecule has 0 saturated carbocycles. The van der Waals surface area contributed by atoms with E-state index in [1.54, 1.807) is 13.1 Å². The third-order valence-corrected chi connectivity index (χ3v) is 3.72. The molecule has 0 saturated heterocycles. The van der Waals surface area contributed by atoms with Crippen LogP contribution in [-0.4, -0.2) is 43.9 Å². The second kappa shape index (κ2) is 6.02. The number of aromatic carboxylic acids is 1. The van der Waals surface area contributed by atoms with Gasteiger partial charge in [0.15, 0.2) is 5.69 Å². The molecule has 7 nitrogen and oxygen atoms in total. The maximum absolute atomic E-state index is 12.0. The summed E-state index contributed by atoms with van der Waals surface area (Å²) in [4.78, 5) is 25.1. The van der Waals surface area contributed by atoms with Crippen molar-refractivity contribution < 1.29 is 14.7 Å². The summed E-state index contributed by atoms with van der Waals surface area (Å²) in [5, 5.41) is 15.7. The van der Waals surface area contributed by atoms with Crippen LogP contribution in [-0.2, 0) is 17.9 Å². The van der Waals surface area contributed by atoms with Crippen molar-refractivity contribution in [3.05, 3.63) is 33.2 Å². The Morgan fingerprint density at radius 2 is 2.25 bits per heavy atom. The van der Waals surface area contributed by atoms with Crippen molar-refractivity contribution >= 4 is 34.8 Å². The SMILES string of the molecule is CN(Cc1ccc(Cl)s1)C(=O)Cn1cc(C(=O)O)nn1. The number of carboxylic acids is 1. The largest absolute Gasteiger partial charge is 0.476 e. The van der Waals surface area contributed by atoms with Crippen molar-refractivity contribution in [2.24, 2.45) is 0 Å². The number of nitrogens with zero attached hydrogens (tertiary/aromatic N) is 4. The molecule has 2 aromatic rings. The zero-order valence-electron chi connectivity index (χ0n) is 10.5. The molecule has 20 heavy (non-hydrogen) atoms. The van der Waals surface area contributed by atoms with Crippen molar-refractivity contribution in [1.82, 2.24) is 19.9 Å². The molecule has 1 N–H and O–H groups in total. The molecule has 0 fully saturated rings. The number of halogens is 1. The molecule has 0 unspecified atom stereocenters. The highest BCUT2D eigenvalue weighted by molar-refractivity contribution is 7.16. The first kappa shape index (κ1) is 14.5. The summed E-state index contributed by atoms with van der Waals surface area (Å²) >= 11 is 7.23. The third-order valence-electron chi connectivity index (χ3n) is 2.50. The van der Waals surface area contributed by atoms with Gasteiger partial charge in [0.1, 0.15) is 6.54 Å². The lowest BCUT2D eigenvalue weighted by Crippen LogP contribution is -2.29. The number of hydrogen-bond acceptors (Lipinski definition) is 5. The molecule has 0 bridgehead atoms. The average molecular weight is 315 g/mol. The van der Waals surface area contributed by atoms with Gasteiger partial charge < -0.3 is 10.0 Å². The fourth-order valence-corrected chi connectivity index (χ4v) is 2.63. The van der Waals surface area contributed by atoms with Crippen molar-refractivity contribution in [3.63, 3.8) is 0 Å². The van der Waals surface area contributed by atoms with Crippen LogP contribution in [0.4, 0.5) is 0 Å². The predicted molar refractivity (Wildman–Crippen MR) is 72.8 cm³/mol. The Labute approximate surface area is 123 Å². The average Bonchev–Trinajstić information content (AvgIpc) is 2.98. The molecule has 2 rings (SSSR count). The van der Waals surface area contributed by atoms with Gasteiger partial charge in [-0.25, -0.2) is 9.48 Å². The Balaban J connectivity index is 1.94. The second-order valence-corrected chi connectivity index (χ2v) is 5.86. The van der Waals surface area contributed by atoms with Gasteiger partial charge in [-0.2, -0.15) is 0 Å². The van der Waals surface area contributed by atoms with Crippen molar-refractivity contribution in [2.45, 2.75) is 13.1 Å². The minimum Gasteiger partial charge on any atom is -0.476 e. The summed E-state index contributed by atoms with van der Waals surface area (Å²) in [5.41, 5.74) is -0.189. The molecule has 2 aromatic heterocycles. The van der Waals surface area contributed by atoms with Crippen LogP contribution >= 0.6 is 22.9 Å². The van der Waals surface area contributed by atoms with Crippen molar-refractivity contribution in [3.8, 4) is 0 Å². The van der Waals surface area contributed by atoms with Crippen LogP contribution in [0.15, 0.2) is 18.3 Å². The van der Waals surface area contributed by atoms with Gasteiger partial charge in [0.05, 0.1) is 17.1 Å². The molecule has 0 aromatic carbocycles. The number of likely N-dealkylation sites (N-methyl/N-ethyl adjacent to an activating group) is 1. The minimum absolute atomic E-state index is 0.0596. The standard InChI is InChI=1S/C11H11ClN4O3S/c1-15(4-7-2-3-9(12)20-7)10(17)6-16-5-8(11(18)19)13-14-16/h2-3,5H,4,6H2,1H3,(H,18,19). The first-order chi connectivity index (χ1) is 9.45. The smallest absolute Gasteiger partial charge is 0.358 e. The zero-order valence-corrected chi connectivity index (χ0v) is 12.1. The first-order valence-corrected chi connectivity index (χ1v) is 6.77. The maximum atomic E-state index is 12.0. The topological polar surface area (TPSA) is 88.3 Å². The van der Waals surface area contributed by atoms with Crippen LogP contribution < -0.4 is 0 Å². The minimum atomic E-state index is -1.18. The Morgan fingerprint density at radius 1 is 1.50 bits per heavy atom. The van der Waals surface area contributed by atoms with Crippen LogP contribution in [0, 0.1) is 0 Å². The molecule has 0 spiro atoms. The van der Waals surface area contributed by atoms with E-state index in [0.29, 0.717) is 10.9 Å². The molecule has 2 heterocycles. The number of amides is 1. The van der Waals surface area contributed by atoms with Gasteiger partial charge in [0, 0.05) is 11.9 Å². The van der Waals surface area contributed by atoms with Crippen molar-refractivity contribution in [2.75, 3.05) is 7.05 Å².